The van der Waals surface area contributed by atoms with Crippen LogP contribution in [0.4, 0.5) is 17.1 Å². The molecule has 0 bridgehead atoms. The first kappa shape index (κ1) is 15.1. The molecule has 1 aromatic heterocycles. The molecule has 2 heterocycles. The Bertz CT molecular complexity index is 1340. The van der Waals surface area contributed by atoms with Gasteiger partial charge in [-0.2, -0.15) is 0 Å². The van der Waals surface area contributed by atoms with Gasteiger partial charge in [0.2, 0.25) is 0 Å². The Kier molecular flexibility index (Phi) is 3.06. The lowest BCUT2D eigenvalue weighted by molar-refractivity contribution is 1.11. The van der Waals surface area contributed by atoms with Gasteiger partial charge in [-0.15, -0.1) is 0 Å². The van der Waals surface area contributed by atoms with Gasteiger partial charge in [0.25, 0.3) is 0 Å². The summed E-state index contributed by atoms with van der Waals surface area (Å²) in [5.74, 6) is 0. The molecule has 0 amide bonds. The molecule has 0 fully saturated rings. The average Bonchev–Trinajstić information content (AvgIpc) is 3.08. The predicted octanol–water partition coefficient (Wildman–Crippen LogP) is 7.33. The van der Waals surface area contributed by atoms with Crippen molar-refractivity contribution in [3.05, 3.63) is 95.5 Å². The molecule has 0 saturated heterocycles. The minimum Gasteiger partial charge on any atom is -0.306 e. The predicted molar refractivity (Wildman–Crippen MR) is 117 cm³/mol. The van der Waals surface area contributed by atoms with Gasteiger partial charge in [-0.25, -0.2) is 0 Å². The first-order chi connectivity index (χ1) is 13.3. The maximum absolute atomic E-state index is 3.80. The van der Waals surface area contributed by atoms with Crippen molar-refractivity contribution in [1.29, 1.82) is 0 Å². The molecule has 0 unspecified atom stereocenters. The second-order valence-electron chi connectivity index (χ2n) is 6.80. The molecule has 27 heavy (non-hydrogen) atoms. The lowest BCUT2D eigenvalue weighted by Gasteiger charge is -2.33. The highest BCUT2D eigenvalue weighted by atomic mass is 79.9. The van der Waals surface area contributed by atoms with Crippen molar-refractivity contribution in [1.82, 2.24) is 4.57 Å². The van der Waals surface area contributed by atoms with E-state index in [2.05, 4.69) is 116 Å². The van der Waals surface area contributed by atoms with Crippen LogP contribution >= 0.6 is 15.9 Å². The topological polar surface area (TPSA) is 8.17 Å². The summed E-state index contributed by atoms with van der Waals surface area (Å²) in [6, 6.07) is 32.3. The Balaban J connectivity index is 1.87. The van der Waals surface area contributed by atoms with Crippen molar-refractivity contribution in [3.8, 4) is 5.69 Å². The van der Waals surface area contributed by atoms with Gasteiger partial charge in [0.05, 0.1) is 28.1 Å². The van der Waals surface area contributed by atoms with E-state index in [0.29, 0.717) is 0 Å². The molecule has 6 rings (SSSR count). The normalized spacial score (nSPS) is 12.6. The quantitative estimate of drug-likeness (QED) is 0.275. The molecule has 1 aliphatic rings. The Labute approximate surface area is 165 Å². The number of halogens is 1. The van der Waals surface area contributed by atoms with Crippen LogP contribution in [0, 0.1) is 0 Å². The van der Waals surface area contributed by atoms with Gasteiger partial charge >= 0.3 is 0 Å². The van der Waals surface area contributed by atoms with Gasteiger partial charge in [0.1, 0.15) is 0 Å². The van der Waals surface area contributed by atoms with Crippen LogP contribution in [-0.4, -0.2) is 4.57 Å². The monoisotopic (exact) mass is 410 g/mol. The minimum absolute atomic E-state index is 1.13. The summed E-state index contributed by atoms with van der Waals surface area (Å²) in [5.41, 5.74) is 7.26. The number of hydrogen-bond donors (Lipinski definition) is 0. The van der Waals surface area contributed by atoms with Crippen molar-refractivity contribution in [2.24, 2.45) is 0 Å². The van der Waals surface area contributed by atoms with E-state index >= 15 is 0 Å². The van der Waals surface area contributed by atoms with Gasteiger partial charge in [-0.1, -0.05) is 64.5 Å². The van der Waals surface area contributed by atoms with Gasteiger partial charge in [-0.05, 0) is 42.5 Å². The molecule has 0 N–H and O–H groups in total. The zero-order chi connectivity index (χ0) is 18.0. The Morgan fingerprint density at radius 3 is 2.15 bits per heavy atom. The highest BCUT2D eigenvalue weighted by Gasteiger charge is 2.28. The number of para-hydroxylation sites is 4. The molecular formula is C24H15BrN2. The molecule has 1 aliphatic heterocycles. The third kappa shape index (κ3) is 1.95. The number of nitrogens with zero attached hydrogens (tertiary/aromatic N) is 2. The van der Waals surface area contributed by atoms with Gasteiger partial charge in [0.15, 0.2) is 0 Å². The fourth-order valence-electron chi connectivity index (χ4n) is 4.30. The Morgan fingerprint density at radius 1 is 0.593 bits per heavy atom. The highest BCUT2D eigenvalue weighted by Crippen LogP contribution is 2.50. The number of hydrogen-bond acceptors (Lipinski definition) is 1. The molecular weight excluding hydrogens is 396 g/mol. The van der Waals surface area contributed by atoms with Gasteiger partial charge in [-0.3, -0.25) is 0 Å². The number of aromatic nitrogens is 1. The SMILES string of the molecule is Brc1ccc2c3c1c1ccccc1n3-c1ccccc1N2c1ccccc1. The smallest absolute Gasteiger partial charge is 0.0794 e. The van der Waals surface area contributed by atoms with Crippen molar-refractivity contribution in [2.75, 3.05) is 4.90 Å². The number of anilines is 3. The van der Waals surface area contributed by atoms with E-state index in [1.165, 1.54) is 44.6 Å². The summed E-state index contributed by atoms with van der Waals surface area (Å²) in [6.45, 7) is 0. The van der Waals surface area contributed by atoms with Crippen LogP contribution in [0.2, 0.25) is 0 Å². The van der Waals surface area contributed by atoms with E-state index in [9.17, 15) is 0 Å². The fourth-order valence-corrected chi connectivity index (χ4v) is 4.83. The minimum atomic E-state index is 1.13. The second kappa shape index (κ2) is 5.48. The first-order valence-corrected chi connectivity index (χ1v) is 9.80. The fraction of sp³-hybridized carbons (Fsp3) is 0. The molecule has 4 aromatic carbocycles. The zero-order valence-corrected chi connectivity index (χ0v) is 16.0. The summed E-state index contributed by atoms with van der Waals surface area (Å²) < 4.78 is 3.53. The third-order valence-corrected chi connectivity index (χ3v) is 6.02. The maximum Gasteiger partial charge on any atom is 0.0794 e. The van der Waals surface area contributed by atoms with Crippen molar-refractivity contribution in [3.63, 3.8) is 0 Å². The van der Waals surface area contributed by atoms with Crippen LogP contribution in [0.3, 0.4) is 0 Å². The maximum atomic E-state index is 3.80. The lowest BCUT2D eigenvalue weighted by Crippen LogP contribution is -2.17. The van der Waals surface area contributed by atoms with Crippen LogP contribution in [-0.2, 0) is 0 Å². The summed E-state index contributed by atoms with van der Waals surface area (Å²) in [5, 5.41) is 2.53. The molecule has 2 nitrogen and oxygen atoms in total. The van der Waals surface area contributed by atoms with Crippen molar-refractivity contribution in [2.45, 2.75) is 0 Å². The molecule has 128 valence electrons. The largest absolute Gasteiger partial charge is 0.306 e. The molecule has 5 aromatic rings. The van der Waals surface area contributed by atoms with Crippen LogP contribution in [0.1, 0.15) is 0 Å². The van der Waals surface area contributed by atoms with Crippen LogP contribution in [0.15, 0.2) is 95.5 Å². The lowest BCUT2D eigenvalue weighted by atomic mass is 10.1. The Hall–Kier alpha value is -3.04. The van der Waals surface area contributed by atoms with Gasteiger partial charge < -0.3 is 9.47 Å². The Morgan fingerprint density at radius 2 is 1.30 bits per heavy atom. The summed E-state index contributed by atoms with van der Waals surface area (Å²) in [7, 11) is 0. The van der Waals surface area contributed by atoms with E-state index < -0.39 is 0 Å². The van der Waals surface area contributed by atoms with E-state index in [4.69, 9.17) is 0 Å². The summed E-state index contributed by atoms with van der Waals surface area (Å²) in [4.78, 5) is 2.36. The first-order valence-electron chi connectivity index (χ1n) is 9.01. The van der Waals surface area contributed by atoms with Crippen molar-refractivity contribution >= 4 is 54.8 Å². The van der Waals surface area contributed by atoms with E-state index in [0.717, 1.165) is 4.47 Å². The molecule has 0 saturated carbocycles. The molecule has 0 atom stereocenters. The summed E-state index contributed by atoms with van der Waals surface area (Å²) in [6.07, 6.45) is 0. The summed E-state index contributed by atoms with van der Waals surface area (Å²) >= 11 is 3.80. The van der Waals surface area contributed by atoms with Crippen LogP contribution < -0.4 is 4.90 Å². The molecule has 0 radical (unpaired) electrons. The van der Waals surface area contributed by atoms with E-state index in [1.54, 1.807) is 0 Å². The second-order valence-corrected chi connectivity index (χ2v) is 7.66. The third-order valence-electron chi connectivity index (χ3n) is 5.36. The van der Waals surface area contributed by atoms with Crippen molar-refractivity contribution < 1.29 is 0 Å². The molecule has 0 spiro atoms. The number of rotatable bonds is 1. The van der Waals surface area contributed by atoms with Gasteiger partial charge in [0, 0.05) is 20.9 Å². The van der Waals surface area contributed by atoms with E-state index in [-0.39, 0.29) is 0 Å². The average molecular weight is 411 g/mol. The molecule has 3 heteroatoms. The zero-order valence-electron chi connectivity index (χ0n) is 14.4. The van der Waals surface area contributed by atoms with E-state index in [1.807, 2.05) is 0 Å². The van der Waals surface area contributed by atoms with Crippen LogP contribution in [0.25, 0.3) is 27.5 Å². The standard InChI is InChI=1S/C24H15BrN2/c25-18-14-15-22-24-23(18)17-10-4-5-11-19(17)27(24)21-13-7-6-12-20(21)26(22)16-8-2-1-3-9-16/h1-15H. The van der Waals surface area contributed by atoms with Crippen LogP contribution in [0.5, 0.6) is 0 Å². The number of benzene rings is 4. The molecule has 0 aliphatic carbocycles. The number of fused-ring (bicyclic) bond motifs is 5. The highest BCUT2D eigenvalue weighted by molar-refractivity contribution is 9.10.